The SMILES string of the molecule is CC=Cc1ccccc1C(=CC)CC. The molecule has 0 amide bonds. The van der Waals surface area contributed by atoms with Crippen molar-refractivity contribution < 1.29 is 0 Å². The summed E-state index contributed by atoms with van der Waals surface area (Å²) < 4.78 is 0. The average molecular weight is 186 g/mol. The molecule has 0 aliphatic rings. The molecule has 0 spiro atoms. The molecule has 0 radical (unpaired) electrons. The first kappa shape index (κ1) is 10.8. The lowest BCUT2D eigenvalue weighted by Gasteiger charge is -2.08. The Hall–Kier alpha value is -1.30. The van der Waals surface area contributed by atoms with Gasteiger partial charge in [-0.15, -0.1) is 0 Å². The lowest BCUT2D eigenvalue weighted by molar-refractivity contribution is 1.23. The predicted molar refractivity (Wildman–Crippen MR) is 65.1 cm³/mol. The molecule has 1 aromatic rings. The van der Waals surface area contributed by atoms with Gasteiger partial charge >= 0.3 is 0 Å². The van der Waals surface area contributed by atoms with E-state index in [-0.39, 0.29) is 0 Å². The standard InChI is InChI=1S/C14H18/c1-4-9-13-10-7-8-11-14(13)12(5-2)6-3/h4-5,7-11H,6H2,1-3H3. The Bertz CT molecular complexity index is 343. The van der Waals surface area contributed by atoms with Crippen molar-refractivity contribution in [3.63, 3.8) is 0 Å². The lowest BCUT2D eigenvalue weighted by Crippen LogP contribution is -1.86. The third-order valence-corrected chi connectivity index (χ3v) is 2.38. The van der Waals surface area contributed by atoms with E-state index >= 15 is 0 Å². The summed E-state index contributed by atoms with van der Waals surface area (Å²) >= 11 is 0. The van der Waals surface area contributed by atoms with Crippen LogP contribution in [0.5, 0.6) is 0 Å². The number of rotatable bonds is 3. The molecule has 0 saturated heterocycles. The Labute approximate surface area is 87.0 Å². The minimum absolute atomic E-state index is 1.09. The van der Waals surface area contributed by atoms with E-state index in [4.69, 9.17) is 0 Å². The van der Waals surface area contributed by atoms with Crippen molar-refractivity contribution in [1.82, 2.24) is 0 Å². The van der Waals surface area contributed by atoms with Crippen LogP contribution in [-0.4, -0.2) is 0 Å². The summed E-state index contributed by atoms with van der Waals surface area (Å²) in [5.41, 5.74) is 4.08. The van der Waals surface area contributed by atoms with Crippen LogP contribution in [0.1, 0.15) is 38.3 Å². The van der Waals surface area contributed by atoms with Gasteiger partial charge in [0.1, 0.15) is 0 Å². The summed E-state index contributed by atoms with van der Waals surface area (Å²) in [4.78, 5) is 0. The molecular formula is C14H18. The van der Waals surface area contributed by atoms with Crippen LogP contribution in [0.15, 0.2) is 36.4 Å². The largest absolute Gasteiger partial charge is 0.0870 e. The van der Waals surface area contributed by atoms with Crippen molar-refractivity contribution in [2.24, 2.45) is 0 Å². The fourth-order valence-corrected chi connectivity index (χ4v) is 1.66. The van der Waals surface area contributed by atoms with Crippen LogP contribution in [-0.2, 0) is 0 Å². The fourth-order valence-electron chi connectivity index (χ4n) is 1.66. The van der Waals surface area contributed by atoms with Crippen LogP contribution in [0.25, 0.3) is 11.6 Å². The zero-order valence-corrected chi connectivity index (χ0v) is 9.25. The van der Waals surface area contributed by atoms with Crippen LogP contribution < -0.4 is 0 Å². The van der Waals surface area contributed by atoms with Gasteiger partial charge in [-0.3, -0.25) is 0 Å². The molecular weight excluding hydrogens is 168 g/mol. The molecule has 0 unspecified atom stereocenters. The third kappa shape index (κ3) is 2.35. The van der Waals surface area contributed by atoms with Crippen molar-refractivity contribution >= 4 is 11.6 Å². The molecule has 1 aromatic carbocycles. The molecule has 0 heterocycles. The number of hydrogen-bond donors (Lipinski definition) is 0. The zero-order chi connectivity index (χ0) is 10.4. The van der Waals surface area contributed by atoms with Gasteiger partial charge in [-0.05, 0) is 37.0 Å². The Kier molecular flexibility index (Phi) is 4.18. The molecule has 0 nitrogen and oxygen atoms in total. The molecule has 0 heteroatoms. The van der Waals surface area contributed by atoms with Gasteiger partial charge in [0.15, 0.2) is 0 Å². The smallest absolute Gasteiger partial charge is 0.0155 e. The van der Waals surface area contributed by atoms with Gasteiger partial charge in [0.2, 0.25) is 0 Å². The van der Waals surface area contributed by atoms with E-state index in [0.29, 0.717) is 0 Å². The van der Waals surface area contributed by atoms with E-state index in [1.807, 2.05) is 0 Å². The normalized spacial score (nSPS) is 12.4. The number of benzene rings is 1. The van der Waals surface area contributed by atoms with Crippen LogP contribution in [0, 0.1) is 0 Å². The second-order valence-electron chi connectivity index (χ2n) is 3.25. The molecule has 0 aromatic heterocycles. The van der Waals surface area contributed by atoms with Crippen molar-refractivity contribution in [2.45, 2.75) is 27.2 Å². The zero-order valence-electron chi connectivity index (χ0n) is 9.25. The van der Waals surface area contributed by atoms with Crippen molar-refractivity contribution in [2.75, 3.05) is 0 Å². The van der Waals surface area contributed by atoms with E-state index in [1.165, 1.54) is 16.7 Å². The Morgan fingerprint density at radius 1 is 1.21 bits per heavy atom. The fraction of sp³-hybridized carbons (Fsp3) is 0.286. The lowest BCUT2D eigenvalue weighted by atomic mass is 9.97. The van der Waals surface area contributed by atoms with E-state index in [2.05, 4.69) is 63.3 Å². The highest BCUT2D eigenvalue weighted by molar-refractivity contribution is 5.73. The molecule has 0 aliphatic carbocycles. The van der Waals surface area contributed by atoms with Crippen LogP contribution in [0.4, 0.5) is 0 Å². The highest BCUT2D eigenvalue weighted by Crippen LogP contribution is 2.22. The van der Waals surface area contributed by atoms with Crippen LogP contribution in [0.2, 0.25) is 0 Å². The van der Waals surface area contributed by atoms with Gasteiger partial charge in [0.25, 0.3) is 0 Å². The summed E-state index contributed by atoms with van der Waals surface area (Å²) in [5.74, 6) is 0. The second-order valence-corrected chi connectivity index (χ2v) is 3.25. The average Bonchev–Trinajstić information content (AvgIpc) is 2.23. The maximum Gasteiger partial charge on any atom is -0.0155 e. The number of hydrogen-bond acceptors (Lipinski definition) is 0. The van der Waals surface area contributed by atoms with E-state index in [1.54, 1.807) is 0 Å². The molecule has 0 atom stereocenters. The quantitative estimate of drug-likeness (QED) is 0.650. The van der Waals surface area contributed by atoms with Crippen molar-refractivity contribution in [3.05, 3.63) is 47.5 Å². The molecule has 1 rings (SSSR count). The molecule has 14 heavy (non-hydrogen) atoms. The van der Waals surface area contributed by atoms with Gasteiger partial charge < -0.3 is 0 Å². The Morgan fingerprint density at radius 2 is 1.93 bits per heavy atom. The minimum Gasteiger partial charge on any atom is -0.0870 e. The summed E-state index contributed by atoms with van der Waals surface area (Å²) in [7, 11) is 0. The highest BCUT2D eigenvalue weighted by atomic mass is 14.1. The summed E-state index contributed by atoms with van der Waals surface area (Å²) in [6.45, 7) is 6.35. The van der Waals surface area contributed by atoms with E-state index in [0.717, 1.165) is 6.42 Å². The first-order valence-electron chi connectivity index (χ1n) is 5.20. The molecule has 0 saturated carbocycles. The Balaban J connectivity index is 3.18. The van der Waals surface area contributed by atoms with Gasteiger partial charge in [-0.1, -0.05) is 49.4 Å². The first-order chi connectivity index (χ1) is 6.83. The summed E-state index contributed by atoms with van der Waals surface area (Å²) in [6.07, 6.45) is 7.53. The third-order valence-electron chi connectivity index (χ3n) is 2.38. The monoisotopic (exact) mass is 186 g/mol. The maximum absolute atomic E-state index is 2.20. The van der Waals surface area contributed by atoms with Crippen molar-refractivity contribution in [3.8, 4) is 0 Å². The van der Waals surface area contributed by atoms with Crippen molar-refractivity contribution in [1.29, 1.82) is 0 Å². The molecule has 0 fully saturated rings. The molecule has 0 N–H and O–H groups in total. The highest BCUT2D eigenvalue weighted by Gasteiger charge is 2.01. The number of allylic oxidation sites excluding steroid dienone is 3. The van der Waals surface area contributed by atoms with Crippen LogP contribution in [0.3, 0.4) is 0 Å². The topological polar surface area (TPSA) is 0 Å². The first-order valence-corrected chi connectivity index (χ1v) is 5.20. The van der Waals surface area contributed by atoms with Gasteiger partial charge in [-0.2, -0.15) is 0 Å². The molecule has 74 valence electrons. The van der Waals surface area contributed by atoms with Crippen LogP contribution >= 0.6 is 0 Å². The molecule has 0 bridgehead atoms. The Morgan fingerprint density at radius 3 is 2.50 bits per heavy atom. The molecule has 0 aliphatic heterocycles. The summed E-state index contributed by atoms with van der Waals surface area (Å²) in [6, 6.07) is 8.53. The maximum atomic E-state index is 2.20. The predicted octanol–water partition coefficient (Wildman–Crippen LogP) is 4.53. The second kappa shape index (κ2) is 5.43. The van der Waals surface area contributed by atoms with E-state index in [9.17, 15) is 0 Å². The van der Waals surface area contributed by atoms with Gasteiger partial charge in [0.05, 0.1) is 0 Å². The van der Waals surface area contributed by atoms with Gasteiger partial charge in [0, 0.05) is 0 Å². The van der Waals surface area contributed by atoms with E-state index < -0.39 is 0 Å². The minimum atomic E-state index is 1.09. The summed E-state index contributed by atoms with van der Waals surface area (Å²) in [5, 5.41) is 0. The van der Waals surface area contributed by atoms with Gasteiger partial charge in [-0.25, -0.2) is 0 Å².